The summed E-state index contributed by atoms with van der Waals surface area (Å²) in [4.78, 5) is 2.19. The Hall–Kier alpha value is -1.79. The molecule has 0 unspecified atom stereocenters. The minimum Gasteiger partial charge on any atom is -0.392 e. The summed E-state index contributed by atoms with van der Waals surface area (Å²) in [6, 6.07) is 6.60. The Morgan fingerprint density at radius 3 is 2.68 bits per heavy atom. The molecular formula is C16H21FN4O. The molecule has 118 valence electrons. The van der Waals surface area contributed by atoms with Crippen molar-refractivity contribution in [2.24, 2.45) is 0 Å². The SMILES string of the molecule is CCn1c(C)nnc1CN1C[C@@H](O)C[C@H]1c1ccc(F)cc1. The van der Waals surface area contributed by atoms with Gasteiger partial charge in [-0.15, -0.1) is 10.2 Å². The molecule has 1 fully saturated rings. The highest BCUT2D eigenvalue weighted by molar-refractivity contribution is 5.21. The molecule has 22 heavy (non-hydrogen) atoms. The smallest absolute Gasteiger partial charge is 0.147 e. The van der Waals surface area contributed by atoms with Gasteiger partial charge in [0.05, 0.1) is 12.6 Å². The Bertz CT molecular complexity index is 640. The number of hydrogen-bond acceptors (Lipinski definition) is 4. The van der Waals surface area contributed by atoms with Crippen molar-refractivity contribution >= 4 is 0 Å². The maximum absolute atomic E-state index is 13.1. The minimum atomic E-state index is -0.367. The molecule has 0 spiro atoms. The van der Waals surface area contributed by atoms with Gasteiger partial charge in [0, 0.05) is 19.1 Å². The first-order chi connectivity index (χ1) is 10.6. The number of aliphatic hydroxyl groups is 1. The third-order valence-corrected chi connectivity index (χ3v) is 4.31. The molecule has 0 bridgehead atoms. The van der Waals surface area contributed by atoms with Crippen LogP contribution < -0.4 is 0 Å². The van der Waals surface area contributed by atoms with Gasteiger partial charge in [0.25, 0.3) is 0 Å². The number of benzene rings is 1. The van der Waals surface area contributed by atoms with Gasteiger partial charge in [-0.05, 0) is 38.0 Å². The molecular weight excluding hydrogens is 283 g/mol. The average molecular weight is 304 g/mol. The van der Waals surface area contributed by atoms with Crippen molar-refractivity contribution in [2.45, 2.75) is 45.5 Å². The van der Waals surface area contributed by atoms with Crippen LogP contribution in [0, 0.1) is 12.7 Å². The molecule has 2 aromatic rings. The number of rotatable bonds is 4. The lowest BCUT2D eigenvalue weighted by Gasteiger charge is -2.24. The van der Waals surface area contributed by atoms with E-state index in [0.29, 0.717) is 19.5 Å². The van der Waals surface area contributed by atoms with E-state index >= 15 is 0 Å². The van der Waals surface area contributed by atoms with Gasteiger partial charge >= 0.3 is 0 Å². The first-order valence-corrected chi connectivity index (χ1v) is 7.64. The highest BCUT2D eigenvalue weighted by Crippen LogP contribution is 2.33. The molecule has 0 saturated carbocycles. The number of aromatic nitrogens is 3. The van der Waals surface area contributed by atoms with Crippen molar-refractivity contribution in [3.8, 4) is 0 Å². The highest BCUT2D eigenvalue weighted by Gasteiger charge is 2.33. The van der Waals surface area contributed by atoms with Crippen LogP contribution >= 0.6 is 0 Å². The van der Waals surface area contributed by atoms with Crippen LogP contribution in [0.25, 0.3) is 0 Å². The third kappa shape index (κ3) is 2.89. The van der Waals surface area contributed by atoms with Gasteiger partial charge < -0.3 is 9.67 Å². The Morgan fingerprint density at radius 1 is 1.27 bits per heavy atom. The number of aliphatic hydroxyl groups excluding tert-OH is 1. The van der Waals surface area contributed by atoms with E-state index in [2.05, 4.69) is 26.6 Å². The maximum Gasteiger partial charge on any atom is 0.147 e. The van der Waals surface area contributed by atoms with Crippen LogP contribution in [0.4, 0.5) is 4.39 Å². The quantitative estimate of drug-likeness (QED) is 0.939. The highest BCUT2D eigenvalue weighted by atomic mass is 19.1. The molecule has 2 atom stereocenters. The standard InChI is InChI=1S/C16H21FN4O/c1-3-21-11(2)18-19-16(21)10-20-9-14(22)8-15(20)12-4-6-13(17)7-5-12/h4-7,14-15,22H,3,8-10H2,1-2H3/t14-,15-/m0/s1. The third-order valence-electron chi connectivity index (χ3n) is 4.31. The van der Waals surface area contributed by atoms with Crippen molar-refractivity contribution in [3.05, 3.63) is 47.3 Å². The Kier molecular flexibility index (Phi) is 4.22. The summed E-state index contributed by atoms with van der Waals surface area (Å²) in [7, 11) is 0. The van der Waals surface area contributed by atoms with E-state index in [1.165, 1.54) is 12.1 Å². The first-order valence-electron chi connectivity index (χ1n) is 7.64. The summed E-state index contributed by atoms with van der Waals surface area (Å²) in [6.07, 6.45) is 0.291. The van der Waals surface area contributed by atoms with Crippen molar-refractivity contribution in [3.63, 3.8) is 0 Å². The summed E-state index contributed by atoms with van der Waals surface area (Å²) in [6.45, 7) is 6.06. The Labute approximate surface area is 129 Å². The van der Waals surface area contributed by atoms with E-state index in [-0.39, 0.29) is 18.0 Å². The second-order valence-electron chi connectivity index (χ2n) is 5.79. The Balaban J connectivity index is 1.83. The lowest BCUT2D eigenvalue weighted by molar-refractivity contribution is 0.170. The fourth-order valence-electron chi connectivity index (χ4n) is 3.22. The van der Waals surface area contributed by atoms with Gasteiger partial charge in [0.1, 0.15) is 17.5 Å². The fourth-order valence-corrected chi connectivity index (χ4v) is 3.22. The van der Waals surface area contributed by atoms with Crippen molar-refractivity contribution < 1.29 is 9.50 Å². The van der Waals surface area contributed by atoms with Crippen LogP contribution in [0.1, 0.15) is 36.6 Å². The van der Waals surface area contributed by atoms with Crippen LogP contribution in [0.3, 0.4) is 0 Å². The number of aryl methyl sites for hydroxylation is 1. The lowest BCUT2D eigenvalue weighted by atomic mass is 10.0. The number of β-amino-alcohol motifs (C(OH)–C–C–N with tert-alkyl or cyclic N) is 1. The van der Waals surface area contributed by atoms with Crippen LogP contribution in [0.5, 0.6) is 0 Å². The molecule has 0 aliphatic carbocycles. The first kappa shape index (κ1) is 15.1. The topological polar surface area (TPSA) is 54.2 Å². The second-order valence-corrected chi connectivity index (χ2v) is 5.79. The molecule has 1 aliphatic heterocycles. The van der Waals surface area contributed by atoms with E-state index in [9.17, 15) is 9.50 Å². The molecule has 1 aliphatic rings. The van der Waals surface area contributed by atoms with Gasteiger partial charge in [-0.1, -0.05) is 12.1 Å². The van der Waals surface area contributed by atoms with Crippen molar-refractivity contribution in [2.75, 3.05) is 6.54 Å². The minimum absolute atomic E-state index is 0.0814. The summed E-state index contributed by atoms with van der Waals surface area (Å²) in [5.74, 6) is 1.56. The zero-order valence-corrected chi connectivity index (χ0v) is 12.9. The predicted molar refractivity (Wildman–Crippen MR) is 80.6 cm³/mol. The van der Waals surface area contributed by atoms with E-state index in [1.54, 1.807) is 12.1 Å². The number of nitrogens with zero attached hydrogens (tertiary/aromatic N) is 4. The summed E-state index contributed by atoms with van der Waals surface area (Å²) >= 11 is 0. The lowest BCUT2D eigenvalue weighted by Crippen LogP contribution is -2.26. The summed E-state index contributed by atoms with van der Waals surface area (Å²) in [5, 5.41) is 18.4. The molecule has 5 nitrogen and oxygen atoms in total. The summed E-state index contributed by atoms with van der Waals surface area (Å²) < 4.78 is 15.2. The van der Waals surface area contributed by atoms with E-state index in [4.69, 9.17) is 0 Å². The van der Waals surface area contributed by atoms with Crippen LogP contribution in [0.15, 0.2) is 24.3 Å². The normalized spacial score (nSPS) is 22.4. The fraction of sp³-hybridized carbons (Fsp3) is 0.500. The van der Waals surface area contributed by atoms with E-state index in [1.807, 2.05) is 6.92 Å². The molecule has 0 radical (unpaired) electrons. The second kappa shape index (κ2) is 6.14. The zero-order chi connectivity index (χ0) is 15.7. The molecule has 1 saturated heterocycles. The number of hydrogen-bond donors (Lipinski definition) is 1. The largest absolute Gasteiger partial charge is 0.392 e. The van der Waals surface area contributed by atoms with Crippen LogP contribution in [-0.4, -0.2) is 37.4 Å². The number of halogens is 1. The molecule has 1 aromatic heterocycles. The van der Waals surface area contributed by atoms with Gasteiger partial charge in [-0.3, -0.25) is 4.90 Å². The van der Waals surface area contributed by atoms with Gasteiger partial charge in [-0.2, -0.15) is 0 Å². The Morgan fingerprint density at radius 2 is 2.00 bits per heavy atom. The average Bonchev–Trinajstić information content (AvgIpc) is 3.03. The zero-order valence-electron chi connectivity index (χ0n) is 12.9. The van der Waals surface area contributed by atoms with Crippen LogP contribution in [-0.2, 0) is 13.1 Å². The van der Waals surface area contributed by atoms with Crippen LogP contribution in [0.2, 0.25) is 0 Å². The molecule has 1 aromatic carbocycles. The number of likely N-dealkylation sites (tertiary alicyclic amines) is 1. The van der Waals surface area contributed by atoms with Gasteiger partial charge in [0.15, 0.2) is 0 Å². The van der Waals surface area contributed by atoms with E-state index < -0.39 is 0 Å². The molecule has 1 N–H and O–H groups in total. The van der Waals surface area contributed by atoms with E-state index in [0.717, 1.165) is 23.8 Å². The van der Waals surface area contributed by atoms with Gasteiger partial charge in [0.2, 0.25) is 0 Å². The predicted octanol–water partition coefficient (Wildman–Crippen LogP) is 2.05. The summed E-state index contributed by atoms with van der Waals surface area (Å²) in [5.41, 5.74) is 1.03. The van der Waals surface area contributed by atoms with Crippen molar-refractivity contribution in [1.82, 2.24) is 19.7 Å². The molecule has 3 rings (SSSR count). The molecule has 6 heteroatoms. The molecule has 2 heterocycles. The monoisotopic (exact) mass is 304 g/mol. The molecule has 0 amide bonds. The van der Waals surface area contributed by atoms with Gasteiger partial charge in [-0.25, -0.2) is 4.39 Å². The maximum atomic E-state index is 13.1. The van der Waals surface area contributed by atoms with Crippen molar-refractivity contribution in [1.29, 1.82) is 0 Å².